The van der Waals surface area contributed by atoms with Crippen LogP contribution in [0.4, 0.5) is 0 Å². The van der Waals surface area contributed by atoms with E-state index in [1.807, 2.05) is 30.9 Å². The minimum Gasteiger partial charge on any atom is -0.459 e. The lowest BCUT2D eigenvalue weighted by Crippen LogP contribution is -2.62. The average molecular weight is 615 g/mol. The third-order valence-electron chi connectivity index (χ3n) is 10.1. The molecule has 5 fully saturated rings. The quantitative estimate of drug-likeness (QED) is 0.166. The highest BCUT2D eigenvalue weighted by molar-refractivity contribution is 5.87. The van der Waals surface area contributed by atoms with Crippen LogP contribution < -0.4 is 5.32 Å². The Balaban J connectivity index is 1.08. The maximum atomic E-state index is 12.9. The Bertz CT molecular complexity index is 1160. The molecule has 4 aliphatic heterocycles. The molecule has 1 aliphatic carbocycles. The molecule has 4 saturated heterocycles. The summed E-state index contributed by atoms with van der Waals surface area (Å²) in [6.45, 7) is 11.4. The van der Waals surface area contributed by atoms with Crippen LogP contribution in [0, 0.1) is 11.3 Å². The van der Waals surface area contributed by atoms with Gasteiger partial charge in [-0.2, -0.15) is 0 Å². The summed E-state index contributed by atoms with van der Waals surface area (Å²) in [6, 6.07) is -0.116. The van der Waals surface area contributed by atoms with Gasteiger partial charge < -0.3 is 34.3 Å². The Kier molecular flexibility index (Phi) is 10.0. The number of carbonyl (C=O) groups excluding carboxylic acids is 3. The first-order valence-corrected chi connectivity index (χ1v) is 16.3. The van der Waals surface area contributed by atoms with Crippen molar-refractivity contribution in [2.75, 3.05) is 19.7 Å². The number of aliphatic hydroxyl groups is 1. The van der Waals surface area contributed by atoms with Crippen molar-refractivity contribution in [1.29, 1.82) is 0 Å². The predicted molar refractivity (Wildman–Crippen MR) is 163 cm³/mol. The lowest BCUT2D eigenvalue weighted by atomic mass is 9.63. The molecule has 10 nitrogen and oxygen atoms in total. The number of nitrogens with zero attached hydrogens (tertiary/aromatic N) is 1. The molecule has 10 heteroatoms. The summed E-state index contributed by atoms with van der Waals surface area (Å²) in [7, 11) is 0. The molecule has 0 aromatic heterocycles. The molecule has 5 rings (SSSR count). The second-order valence-electron chi connectivity index (χ2n) is 14.0. The van der Waals surface area contributed by atoms with Crippen LogP contribution in [0.3, 0.4) is 0 Å². The number of ether oxygens (including phenoxy) is 4. The Morgan fingerprint density at radius 3 is 2.50 bits per heavy atom. The smallest absolute Gasteiger partial charge is 0.303 e. The summed E-state index contributed by atoms with van der Waals surface area (Å²) in [4.78, 5) is 38.3. The van der Waals surface area contributed by atoms with Crippen LogP contribution in [0.2, 0.25) is 0 Å². The molecule has 9 atom stereocenters. The molecule has 5 aliphatic rings. The SMILES string of the molecule is CC(=O)O[C@@H](C)/C=C\C(=O)N[C@@H]1C[C@H](C)[C@H](C/C=C(C)/C=C/[C@H]2O[C@H](CC(=O)N3CC4(CCC4)C3)C[C@@]3(CO3)[C@@H]2O)O[C@@H]1C. The standard InChI is InChI=1S/C34H50N2O8/c1-21(7-10-28-22(2)15-27(24(4)43-28)35-30(38)12-9-23(3)42-25(5)37)8-11-29-32(40)34(20-41-34)17-26(44-29)16-31(39)36-18-33(19-36)13-6-14-33/h7-9,11-12,22-24,26-29,32,40H,6,10,13-20H2,1-5H3,(H,35,38)/b11-8+,12-9-,21-7+/t22-,23-,24+,26+,27+,28-,29+,32+,34+/m0/s1. The summed E-state index contributed by atoms with van der Waals surface area (Å²) >= 11 is 0. The maximum absolute atomic E-state index is 12.9. The molecule has 2 spiro atoms. The molecule has 1 saturated carbocycles. The van der Waals surface area contributed by atoms with Crippen molar-refractivity contribution in [2.24, 2.45) is 11.3 Å². The summed E-state index contributed by atoms with van der Waals surface area (Å²) in [5, 5.41) is 14.0. The van der Waals surface area contributed by atoms with Crippen molar-refractivity contribution in [3.8, 4) is 0 Å². The Hall–Kier alpha value is -2.53. The van der Waals surface area contributed by atoms with E-state index in [0.29, 0.717) is 24.9 Å². The molecule has 0 aromatic carbocycles. The van der Waals surface area contributed by atoms with E-state index in [2.05, 4.69) is 18.3 Å². The summed E-state index contributed by atoms with van der Waals surface area (Å²) in [5.74, 6) is -0.261. The molecule has 4 heterocycles. The van der Waals surface area contributed by atoms with Gasteiger partial charge in [0.05, 0.1) is 37.4 Å². The minimum atomic E-state index is -0.769. The topological polar surface area (TPSA) is 127 Å². The van der Waals surface area contributed by atoms with Gasteiger partial charge in [0.15, 0.2) is 0 Å². The van der Waals surface area contributed by atoms with Crippen LogP contribution in [-0.2, 0) is 33.3 Å². The molecule has 2 N–H and O–H groups in total. The first-order chi connectivity index (χ1) is 20.9. The van der Waals surface area contributed by atoms with Crippen molar-refractivity contribution in [3.05, 3.63) is 36.0 Å². The molecule has 244 valence electrons. The first kappa shape index (κ1) is 32.9. The number of allylic oxidation sites excluding steroid dienone is 2. The molecular weight excluding hydrogens is 564 g/mol. The van der Waals surface area contributed by atoms with Gasteiger partial charge in [0, 0.05) is 37.9 Å². The summed E-state index contributed by atoms with van der Waals surface area (Å²) in [5.41, 5.74) is 0.821. The minimum absolute atomic E-state index is 0.0108. The van der Waals surface area contributed by atoms with Crippen LogP contribution in [-0.4, -0.2) is 95.8 Å². The van der Waals surface area contributed by atoms with Crippen LogP contribution in [0.5, 0.6) is 0 Å². The van der Waals surface area contributed by atoms with E-state index in [4.69, 9.17) is 18.9 Å². The Labute approximate surface area is 261 Å². The number of aliphatic hydroxyl groups excluding tert-OH is 1. The highest BCUT2D eigenvalue weighted by Crippen LogP contribution is 2.49. The molecule has 0 unspecified atom stereocenters. The summed E-state index contributed by atoms with van der Waals surface area (Å²) < 4.78 is 23.3. The number of amides is 2. The monoisotopic (exact) mass is 614 g/mol. The van der Waals surface area contributed by atoms with Gasteiger partial charge >= 0.3 is 5.97 Å². The summed E-state index contributed by atoms with van der Waals surface area (Å²) in [6.07, 6.45) is 12.9. The first-order valence-electron chi connectivity index (χ1n) is 16.3. The molecule has 0 radical (unpaired) electrons. The van der Waals surface area contributed by atoms with Gasteiger partial charge in [-0.25, -0.2) is 0 Å². The highest BCUT2D eigenvalue weighted by Gasteiger charge is 2.59. The fraction of sp³-hybridized carbons (Fsp3) is 0.735. The molecule has 44 heavy (non-hydrogen) atoms. The number of epoxide rings is 1. The normalized spacial score (nSPS) is 37.1. The zero-order valence-electron chi connectivity index (χ0n) is 26.8. The number of carbonyl (C=O) groups is 3. The predicted octanol–water partition coefficient (Wildman–Crippen LogP) is 3.38. The van der Waals surface area contributed by atoms with Gasteiger partial charge in [0.1, 0.15) is 23.9 Å². The van der Waals surface area contributed by atoms with E-state index in [1.54, 1.807) is 13.0 Å². The maximum Gasteiger partial charge on any atom is 0.303 e. The largest absolute Gasteiger partial charge is 0.459 e. The lowest BCUT2D eigenvalue weighted by Gasteiger charge is -2.56. The second kappa shape index (κ2) is 13.4. The van der Waals surface area contributed by atoms with Gasteiger partial charge in [-0.05, 0) is 58.4 Å². The average Bonchev–Trinajstić information content (AvgIpc) is 3.67. The van der Waals surface area contributed by atoms with E-state index in [9.17, 15) is 19.5 Å². The Morgan fingerprint density at radius 1 is 1.14 bits per heavy atom. The van der Waals surface area contributed by atoms with E-state index in [1.165, 1.54) is 32.3 Å². The van der Waals surface area contributed by atoms with Gasteiger partial charge in [0.25, 0.3) is 0 Å². The third-order valence-corrected chi connectivity index (χ3v) is 10.1. The second-order valence-corrected chi connectivity index (χ2v) is 14.0. The fourth-order valence-corrected chi connectivity index (χ4v) is 7.14. The number of rotatable bonds is 10. The van der Waals surface area contributed by atoms with Crippen molar-refractivity contribution in [2.45, 2.75) is 128 Å². The molecule has 0 bridgehead atoms. The van der Waals surface area contributed by atoms with Crippen molar-refractivity contribution < 1.29 is 38.4 Å². The zero-order chi connectivity index (χ0) is 31.6. The highest BCUT2D eigenvalue weighted by atomic mass is 16.6. The van der Waals surface area contributed by atoms with Crippen LogP contribution >= 0.6 is 0 Å². The molecule has 2 amide bonds. The lowest BCUT2D eigenvalue weighted by molar-refractivity contribution is -0.163. The van der Waals surface area contributed by atoms with E-state index < -0.39 is 29.9 Å². The molecule has 0 aromatic rings. The third kappa shape index (κ3) is 7.81. The van der Waals surface area contributed by atoms with E-state index >= 15 is 0 Å². The number of nitrogens with one attached hydrogen (secondary N) is 1. The van der Waals surface area contributed by atoms with Crippen LogP contribution in [0.15, 0.2) is 36.0 Å². The zero-order valence-corrected chi connectivity index (χ0v) is 26.8. The number of esters is 1. The fourth-order valence-electron chi connectivity index (χ4n) is 7.14. The van der Waals surface area contributed by atoms with Gasteiger partial charge in [-0.3, -0.25) is 14.4 Å². The number of hydrogen-bond donors (Lipinski definition) is 2. The van der Waals surface area contributed by atoms with Crippen molar-refractivity contribution >= 4 is 17.8 Å². The van der Waals surface area contributed by atoms with Crippen molar-refractivity contribution in [1.82, 2.24) is 10.2 Å². The van der Waals surface area contributed by atoms with Crippen LogP contribution in [0.1, 0.15) is 79.6 Å². The van der Waals surface area contributed by atoms with Gasteiger partial charge in [-0.15, -0.1) is 0 Å². The molecular formula is C34H50N2O8. The number of hydrogen-bond acceptors (Lipinski definition) is 8. The van der Waals surface area contributed by atoms with Gasteiger partial charge in [-0.1, -0.05) is 37.1 Å². The van der Waals surface area contributed by atoms with E-state index in [-0.39, 0.29) is 42.1 Å². The van der Waals surface area contributed by atoms with Crippen molar-refractivity contribution in [3.63, 3.8) is 0 Å². The van der Waals surface area contributed by atoms with Crippen LogP contribution in [0.25, 0.3) is 0 Å². The van der Waals surface area contributed by atoms with Gasteiger partial charge in [0.2, 0.25) is 11.8 Å². The number of likely N-dealkylation sites (tertiary alicyclic amines) is 1. The van der Waals surface area contributed by atoms with E-state index in [0.717, 1.165) is 31.5 Å². The Morgan fingerprint density at radius 2 is 1.86 bits per heavy atom.